The van der Waals surface area contributed by atoms with Crippen LogP contribution in [0.1, 0.15) is 28.4 Å². The molecule has 0 saturated carbocycles. The van der Waals surface area contributed by atoms with Crippen LogP contribution in [0.2, 0.25) is 0 Å². The summed E-state index contributed by atoms with van der Waals surface area (Å²) in [5, 5.41) is 8.58. The minimum atomic E-state index is -0.484. The third kappa shape index (κ3) is 5.88. The van der Waals surface area contributed by atoms with Gasteiger partial charge in [-0.25, -0.2) is 0 Å². The highest BCUT2D eigenvalue weighted by Gasteiger charge is 2.07. The number of hydrazine groups is 1. The molecule has 0 bridgehead atoms. The number of carbonyl (C=O) groups is 2. The van der Waals surface area contributed by atoms with E-state index >= 15 is 0 Å². The first-order valence-electron chi connectivity index (χ1n) is 8.62. The summed E-state index contributed by atoms with van der Waals surface area (Å²) in [5.41, 5.74) is 6.97. The van der Waals surface area contributed by atoms with E-state index in [1.54, 1.807) is 36.4 Å². The Bertz CT molecular complexity index is 899. The molecule has 144 valence electrons. The summed E-state index contributed by atoms with van der Waals surface area (Å²) in [6.07, 6.45) is 3.73. The fourth-order valence-electron chi connectivity index (χ4n) is 2.31. The first-order chi connectivity index (χ1) is 13.6. The Hall–Kier alpha value is -3.79. The van der Waals surface area contributed by atoms with Gasteiger partial charge in [-0.3, -0.25) is 20.4 Å². The van der Waals surface area contributed by atoms with Crippen molar-refractivity contribution in [2.24, 2.45) is 0 Å². The first kappa shape index (κ1) is 20.5. The summed E-state index contributed by atoms with van der Waals surface area (Å²) in [6.45, 7) is 1.94. The van der Waals surface area contributed by atoms with Gasteiger partial charge in [0.2, 0.25) is 0 Å². The second-order valence-electron chi connectivity index (χ2n) is 5.68. The highest BCUT2D eigenvalue weighted by molar-refractivity contribution is 5.97. The van der Waals surface area contributed by atoms with E-state index in [-0.39, 0.29) is 6.61 Å². The molecule has 2 N–H and O–H groups in total. The van der Waals surface area contributed by atoms with E-state index in [1.807, 2.05) is 25.1 Å². The number of nitrogens with zero attached hydrogens (tertiary/aromatic N) is 1. The average Bonchev–Trinajstić information content (AvgIpc) is 2.74. The number of benzene rings is 2. The lowest BCUT2D eigenvalue weighted by Gasteiger charge is -2.09. The predicted octanol–water partition coefficient (Wildman–Crippen LogP) is 2.63. The highest BCUT2D eigenvalue weighted by Crippen LogP contribution is 2.28. The molecule has 0 aliphatic heterocycles. The molecule has 0 spiro atoms. The van der Waals surface area contributed by atoms with Crippen molar-refractivity contribution in [2.75, 3.05) is 13.7 Å². The van der Waals surface area contributed by atoms with Crippen LogP contribution in [0.4, 0.5) is 0 Å². The Balaban J connectivity index is 1.92. The van der Waals surface area contributed by atoms with Crippen LogP contribution < -0.4 is 20.3 Å². The molecule has 2 aromatic rings. The van der Waals surface area contributed by atoms with Crippen molar-refractivity contribution in [3.63, 3.8) is 0 Å². The van der Waals surface area contributed by atoms with Crippen molar-refractivity contribution in [3.8, 4) is 17.6 Å². The zero-order chi connectivity index (χ0) is 20.4. The average molecular weight is 379 g/mol. The zero-order valence-corrected chi connectivity index (χ0v) is 15.7. The normalized spacial score (nSPS) is 10.2. The Morgan fingerprint density at radius 3 is 2.50 bits per heavy atom. The molecule has 2 amide bonds. The van der Waals surface area contributed by atoms with Crippen molar-refractivity contribution in [2.45, 2.75) is 13.3 Å². The minimum Gasteiger partial charge on any atom is -0.493 e. The Kier molecular flexibility index (Phi) is 7.61. The number of carbonyl (C=O) groups excluding carboxylic acids is 2. The third-order valence-electron chi connectivity index (χ3n) is 3.83. The quantitative estimate of drug-likeness (QED) is 0.569. The van der Waals surface area contributed by atoms with Crippen LogP contribution in [0.3, 0.4) is 0 Å². The molecular formula is C21H21N3O4. The molecule has 0 radical (unpaired) electrons. The summed E-state index contributed by atoms with van der Waals surface area (Å²) in [5.74, 6) is 0.000938. The number of rotatable bonds is 7. The maximum Gasteiger partial charge on any atom is 0.269 e. The lowest BCUT2D eigenvalue weighted by atomic mass is 10.1. The molecule has 0 unspecified atom stereocenters. The third-order valence-corrected chi connectivity index (χ3v) is 3.83. The van der Waals surface area contributed by atoms with Crippen molar-refractivity contribution in [1.29, 1.82) is 5.26 Å². The van der Waals surface area contributed by atoms with Crippen LogP contribution in [0.25, 0.3) is 6.08 Å². The first-order valence-corrected chi connectivity index (χ1v) is 8.62. The van der Waals surface area contributed by atoms with Gasteiger partial charge >= 0.3 is 0 Å². The van der Waals surface area contributed by atoms with Crippen molar-refractivity contribution >= 4 is 17.9 Å². The van der Waals surface area contributed by atoms with Crippen LogP contribution in [-0.2, 0) is 11.2 Å². The summed E-state index contributed by atoms with van der Waals surface area (Å²) in [4.78, 5) is 23.9. The van der Waals surface area contributed by atoms with Crippen LogP contribution in [0.5, 0.6) is 11.5 Å². The van der Waals surface area contributed by atoms with Crippen molar-refractivity contribution < 1.29 is 19.1 Å². The van der Waals surface area contributed by atoms with E-state index in [2.05, 4.69) is 10.9 Å². The molecule has 2 rings (SSSR count). The van der Waals surface area contributed by atoms with Gasteiger partial charge in [0.25, 0.3) is 11.8 Å². The molecule has 0 aliphatic carbocycles. The SMILES string of the molecule is CCc1ccc(C(=O)NNC(=O)/C=C/c2ccc(OCC#N)c(OC)c2)cc1. The van der Waals surface area contributed by atoms with Crippen molar-refractivity contribution in [3.05, 3.63) is 65.2 Å². The maximum absolute atomic E-state index is 12.0. The monoisotopic (exact) mass is 379 g/mol. The van der Waals surface area contributed by atoms with E-state index < -0.39 is 11.8 Å². The second-order valence-corrected chi connectivity index (χ2v) is 5.68. The molecule has 28 heavy (non-hydrogen) atoms. The summed E-state index contributed by atoms with van der Waals surface area (Å²) >= 11 is 0. The molecule has 0 atom stereocenters. The fourth-order valence-corrected chi connectivity index (χ4v) is 2.31. The number of ether oxygens (including phenoxy) is 2. The Morgan fingerprint density at radius 2 is 1.86 bits per heavy atom. The fraction of sp³-hybridized carbons (Fsp3) is 0.190. The van der Waals surface area contributed by atoms with Gasteiger partial charge in [-0.2, -0.15) is 5.26 Å². The standard InChI is InChI=1S/C21H21N3O4/c1-3-15-4-8-17(9-5-15)21(26)24-23-20(25)11-7-16-6-10-18(28-13-12-22)19(14-16)27-2/h4-11,14H,3,13H2,1-2H3,(H,23,25)(H,24,26)/b11-7+. The highest BCUT2D eigenvalue weighted by atomic mass is 16.5. The number of hydrogen-bond acceptors (Lipinski definition) is 5. The van der Waals surface area contributed by atoms with E-state index in [9.17, 15) is 9.59 Å². The van der Waals surface area contributed by atoms with Gasteiger partial charge in [-0.05, 0) is 47.9 Å². The molecule has 0 fully saturated rings. The van der Waals surface area contributed by atoms with Gasteiger partial charge in [0, 0.05) is 11.6 Å². The zero-order valence-electron chi connectivity index (χ0n) is 15.7. The molecule has 7 nitrogen and oxygen atoms in total. The number of aryl methyl sites for hydroxylation is 1. The molecule has 0 aromatic heterocycles. The summed E-state index contributed by atoms with van der Waals surface area (Å²) in [7, 11) is 1.48. The molecular weight excluding hydrogens is 358 g/mol. The molecule has 2 aromatic carbocycles. The Morgan fingerprint density at radius 1 is 1.11 bits per heavy atom. The summed E-state index contributed by atoms with van der Waals surface area (Å²) in [6, 6.07) is 14.1. The van der Waals surface area contributed by atoms with Crippen molar-refractivity contribution in [1.82, 2.24) is 10.9 Å². The summed E-state index contributed by atoms with van der Waals surface area (Å²) < 4.78 is 10.5. The lowest BCUT2D eigenvalue weighted by molar-refractivity contribution is -0.117. The van der Waals surface area contributed by atoms with Crippen LogP contribution in [0.15, 0.2) is 48.5 Å². The largest absolute Gasteiger partial charge is 0.493 e. The van der Waals surface area contributed by atoms with E-state index in [1.165, 1.54) is 13.2 Å². The number of methoxy groups -OCH3 is 1. The minimum absolute atomic E-state index is 0.0885. The van der Waals surface area contributed by atoms with E-state index in [0.717, 1.165) is 12.0 Å². The van der Waals surface area contributed by atoms with Crippen LogP contribution in [0, 0.1) is 11.3 Å². The number of nitriles is 1. The smallest absolute Gasteiger partial charge is 0.269 e. The number of nitrogens with one attached hydrogen (secondary N) is 2. The van der Waals surface area contributed by atoms with Gasteiger partial charge in [0.1, 0.15) is 6.07 Å². The molecule has 0 heterocycles. The Labute approximate surface area is 163 Å². The molecule has 0 aliphatic rings. The van der Waals surface area contributed by atoms with Gasteiger partial charge in [-0.15, -0.1) is 0 Å². The number of amides is 2. The molecule has 0 saturated heterocycles. The van der Waals surface area contributed by atoms with E-state index in [4.69, 9.17) is 14.7 Å². The van der Waals surface area contributed by atoms with E-state index in [0.29, 0.717) is 22.6 Å². The number of hydrogen-bond donors (Lipinski definition) is 2. The van der Waals surface area contributed by atoms with Gasteiger partial charge in [0.15, 0.2) is 18.1 Å². The van der Waals surface area contributed by atoms with Crippen LogP contribution in [-0.4, -0.2) is 25.5 Å². The lowest BCUT2D eigenvalue weighted by Crippen LogP contribution is -2.40. The van der Waals surface area contributed by atoms with Gasteiger partial charge in [-0.1, -0.05) is 25.1 Å². The molecule has 7 heteroatoms. The topological polar surface area (TPSA) is 100 Å². The second kappa shape index (κ2) is 10.4. The maximum atomic E-state index is 12.0. The predicted molar refractivity (Wildman–Crippen MR) is 105 cm³/mol. The van der Waals surface area contributed by atoms with Crippen LogP contribution >= 0.6 is 0 Å². The van der Waals surface area contributed by atoms with Gasteiger partial charge < -0.3 is 9.47 Å². The van der Waals surface area contributed by atoms with Gasteiger partial charge in [0.05, 0.1) is 7.11 Å².